The molecule has 0 spiro atoms. The van der Waals surface area contributed by atoms with Gasteiger partial charge in [0.25, 0.3) is 5.91 Å². The average molecular weight is 396 g/mol. The van der Waals surface area contributed by atoms with Crippen LogP contribution in [0.5, 0.6) is 5.75 Å². The number of benzene rings is 1. The first kappa shape index (κ1) is 18.5. The monoisotopic (exact) mass is 395 g/mol. The lowest BCUT2D eigenvalue weighted by molar-refractivity contribution is 0.102. The van der Waals surface area contributed by atoms with Gasteiger partial charge < -0.3 is 15.4 Å². The lowest BCUT2D eigenvalue weighted by Crippen LogP contribution is -2.21. The number of pyridine rings is 1. The van der Waals surface area contributed by atoms with Crippen LogP contribution < -0.4 is 15.4 Å². The van der Waals surface area contributed by atoms with Crippen molar-refractivity contribution in [3.8, 4) is 5.75 Å². The third-order valence-corrected chi connectivity index (χ3v) is 6.07. The van der Waals surface area contributed by atoms with Crippen LogP contribution in [0.25, 0.3) is 0 Å². The summed E-state index contributed by atoms with van der Waals surface area (Å²) < 4.78 is 28.0. The molecule has 1 aromatic carbocycles. The van der Waals surface area contributed by atoms with E-state index in [1.54, 1.807) is 30.3 Å². The fourth-order valence-electron chi connectivity index (χ4n) is 2.70. The maximum absolute atomic E-state index is 12.3. The van der Waals surface area contributed by atoms with Crippen molar-refractivity contribution in [2.45, 2.75) is 12.5 Å². The Labute approximate surface area is 156 Å². The molecule has 1 atom stereocenters. The first-order chi connectivity index (χ1) is 12.4. The van der Waals surface area contributed by atoms with Crippen LogP contribution in [0.4, 0.5) is 11.4 Å². The highest BCUT2D eigenvalue weighted by molar-refractivity contribution is 7.91. The average Bonchev–Trinajstić information content (AvgIpc) is 2.94. The van der Waals surface area contributed by atoms with Crippen molar-refractivity contribution in [3.05, 3.63) is 47.2 Å². The van der Waals surface area contributed by atoms with Gasteiger partial charge in [0.05, 0.1) is 35.5 Å². The van der Waals surface area contributed by atoms with Gasteiger partial charge in [0.1, 0.15) is 11.4 Å². The van der Waals surface area contributed by atoms with Crippen molar-refractivity contribution in [2.75, 3.05) is 29.2 Å². The highest BCUT2D eigenvalue weighted by Gasteiger charge is 2.27. The van der Waals surface area contributed by atoms with E-state index in [1.807, 2.05) is 0 Å². The number of rotatable bonds is 5. The fourth-order valence-corrected chi connectivity index (χ4v) is 4.63. The van der Waals surface area contributed by atoms with Gasteiger partial charge in [-0.1, -0.05) is 11.6 Å². The number of methoxy groups -OCH3 is 1. The molecule has 1 aromatic heterocycles. The second kappa shape index (κ2) is 7.51. The number of nitrogens with zero attached hydrogens (tertiary/aromatic N) is 1. The van der Waals surface area contributed by atoms with Gasteiger partial charge in [0, 0.05) is 11.7 Å². The highest BCUT2D eigenvalue weighted by atomic mass is 35.5. The summed E-state index contributed by atoms with van der Waals surface area (Å²) in [5, 5.41) is 6.23. The second-order valence-electron chi connectivity index (χ2n) is 5.98. The van der Waals surface area contributed by atoms with E-state index in [4.69, 9.17) is 16.3 Å². The van der Waals surface area contributed by atoms with E-state index in [0.717, 1.165) is 0 Å². The van der Waals surface area contributed by atoms with Gasteiger partial charge in [-0.05, 0) is 36.8 Å². The van der Waals surface area contributed by atoms with Crippen LogP contribution in [-0.2, 0) is 9.84 Å². The SMILES string of the molecule is COc1ccc(NC(=O)c2ccc(NC3CCS(=O)(=O)C3)cn2)cc1Cl. The third kappa shape index (κ3) is 4.44. The van der Waals surface area contributed by atoms with Crippen molar-refractivity contribution in [1.82, 2.24) is 4.98 Å². The van der Waals surface area contributed by atoms with Gasteiger partial charge in [-0.2, -0.15) is 0 Å². The Hall–Kier alpha value is -2.32. The summed E-state index contributed by atoms with van der Waals surface area (Å²) in [6.45, 7) is 0. The molecule has 1 aliphatic heterocycles. The summed E-state index contributed by atoms with van der Waals surface area (Å²) >= 11 is 6.04. The van der Waals surface area contributed by atoms with Gasteiger partial charge in [-0.25, -0.2) is 13.4 Å². The summed E-state index contributed by atoms with van der Waals surface area (Å²) in [4.78, 5) is 16.4. The van der Waals surface area contributed by atoms with E-state index in [9.17, 15) is 13.2 Å². The van der Waals surface area contributed by atoms with Crippen molar-refractivity contribution in [3.63, 3.8) is 0 Å². The van der Waals surface area contributed by atoms with Crippen LogP contribution >= 0.6 is 11.6 Å². The second-order valence-corrected chi connectivity index (χ2v) is 8.62. The molecular formula is C17H18ClN3O4S. The summed E-state index contributed by atoms with van der Waals surface area (Å²) in [6.07, 6.45) is 2.09. The van der Waals surface area contributed by atoms with Crippen molar-refractivity contribution < 1.29 is 17.9 Å². The molecule has 2 N–H and O–H groups in total. The molecule has 2 aromatic rings. The van der Waals surface area contributed by atoms with Crippen LogP contribution in [0.3, 0.4) is 0 Å². The molecule has 2 heterocycles. The summed E-state index contributed by atoms with van der Waals surface area (Å²) in [5.41, 5.74) is 1.44. The van der Waals surface area contributed by atoms with Crippen LogP contribution in [0.1, 0.15) is 16.9 Å². The minimum atomic E-state index is -2.95. The molecule has 7 nitrogen and oxygen atoms in total. The maximum atomic E-state index is 12.3. The lowest BCUT2D eigenvalue weighted by Gasteiger charge is -2.12. The van der Waals surface area contributed by atoms with Crippen LogP contribution in [0.2, 0.25) is 5.02 Å². The first-order valence-electron chi connectivity index (χ1n) is 7.94. The predicted molar refractivity (Wildman–Crippen MR) is 101 cm³/mol. The van der Waals surface area contributed by atoms with Gasteiger partial charge in [-0.15, -0.1) is 0 Å². The number of sulfone groups is 1. The molecule has 1 aliphatic rings. The summed E-state index contributed by atoms with van der Waals surface area (Å²) in [5.74, 6) is 0.463. The van der Waals surface area contributed by atoms with E-state index in [1.165, 1.54) is 13.3 Å². The number of halogens is 1. The lowest BCUT2D eigenvalue weighted by atomic mass is 10.2. The smallest absolute Gasteiger partial charge is 0.274 e. The predicted octanol–water partition coefficient (Wildman–Crippen LogP) is 2.59. The van der Waals surface area contributed by atoms with E-state index < -0.39 is 9.84 Å². The fraction of sp³-hybridized carbons (Fsp3) is 0.294. The minimum absolute atomic E-state index is 0.119. The zero-order valence-electron chi connectivity index (χ0n) is 14.0. The number of amides is 1. The van der Waals surface area contributed by atoms with Crippen molar-refractivity contribution >= 4 is 38.7 Å². The Morgan fingerprint density at radius 3 is 2.62 bits per heavy atom. The van der Waals surface area contributed by atoms with Gasteiger partial charge in [-0.3, -0.25) is 4.79 Å². The normalized spacial score (nSPS) is 18.3. The maximum Gasteiger partial charge on any atom is 0.274 e. The molecule has 0 radical (unpaired) electrons. The zero-order chi connectivity index (χ0) is 18.7. The molecule has 138 valence electrons. The van der Waals surface area contributed by atoms with E-state index in [-0.39, 0.29) is 29.1 Å². The van der Waals surface area contributed by atoms with Crippen molar-refractivity contribution in [2.24, 2.45) is 0 Å². The minimum Gasteiger partial charge on any atom is -0.495 e. The molecule has 1 fully saturated rings. The van der Waals surface area contributed by atoms with Crippen LogP contribution in [-0.4, -0.2) is 44.0 Å². The molecule has 0 bridgehead atoms. The molecule has 0 saturated carbocycles. The largest absolute Gasteiger partial charge is 0.495 e. The Morgan fingerprint density at radius 2 is 2.04 bits per heavy atom. The molecule has 1 saturated heterocycles. The molecule has 3 rings (SSSR count). The summed E-state index contributed by atoms with van der Waals surface area (Å²) in [7, 11) is -1.43. The quantitative estimate of drug-likeness (QED) is 0.807. The summed E-state index contributed by atoms with van der Waals surface area (Å²) in [6, 6.07) is 8.09. The molecule has 1 amide bonds. The Kier molecular flexibility index (Phi) is 5.33. The van der Waals surface area contributed by atoms with E-state index in [0.29, 0.717) is 28.6 Å². The van der Waals surface area contributed by atoms with Gasteiger partial charge in [0.15, 0.2) is 9.84 Å². The Morgan fingerprint density at radius 1 is 1.27 bits per heavy atom. The third-order valence-electron chi connectivity index (χ3n) is 4.01. The first-order valence-corrected chi connectivity index (χ1v) is 10.1. The molecular weight excluding hydrogens is 378 g/mol. The topological polar surface area (TPSA) is 97.4 Å². The van der Waals surface area contributed by atoms with Gasteiger partial charge in [0.2, 0.25) is 0 Å². The van der Waals surface area contributed by atoms with Crippen LogP contribution in [0, 0.1) is 0 Å². The number of ether oxygens (including phenoxy) is 1. The van der Waals surface area contributed by atoms with E-state index >= 15 is 0 Å². The molecule has 9 heteroatoms. The standard InChI is InChI=1S/C17H18ClN3O4S/c1-25-16-5-3-11(8-14(16)18)21-17(22)15-4-2-12(9-19-15)20-13-6-7-26(23,24)10-13/h2-5,8-9,13,20H,6-7,10H2,1H3,(H,21,22). The number of aromatic nitrogens is 1. The van der Waals surface area contributed by atoms with Crippen LogP contribution in [0.15, 0.2) is 36.5 Å². The number of anilines is 2. The molecule has 26 heavy (non-hydrogen) atoms. The Bertz CT molecular complexity index is 916. The molecule has 0 aliphatic carbocycles. The molecule has 1 unspecified atom stereocenters. The highest BCUT2D eigenvalue weighted by Crippen LogP contribution is 2.27. The number of nitrogens with one attached hydrogen (secondary N) is 2. The number of hydrogen-bond donors (Lipinski definition) is 2. The Balaban J connectivity index is 1.63. The van der Waals surface area contributed by atoms with Gasteiger partial charge >= 0.3 is 0 Å². The van der Waals surface area contributed by atoms with E-state index in [2.05, 4.69) is 15.6 Å². The number of hydrogen-bond acceptors (Lipinski definition) is 6. The zero-order valence-corrected chi connectivity index (χ0v) is 15.6. The number of carbonyl (C=O) groups is 1. The number of carbonyl (C=O) groups excluding carboxylic acids is 1. The van der Waals surface area contributed by atoms with Crippen molar-refractivity contribution in [1.29, 1.82) is 0 Å².